The molecule has 1 atom stereocenters. The molecule has 1 heterocycles. The van der Waals surface area contributed by atoms with Gasteiger partial charge < -0.3 is 19.9 Å². The zero-order chi connectivity index (χ0) is 19.9. The van der Waals surface area contributed by atoms with Crippen LogP contribution in [0.4, 0.5) is 0 Å². The predicted molar refractivity (Wildman–Crippen MR) is 108 cm³/mol. The van der Waals surface area contributed by atoms with Gasteiger partial charge in [-0.15, -0.1) is 0 Å². The van der Waals surface area contributed by atoms with Crippen LogP contribution in [0.3, 0.4) is 0 Å². The minimum absolute atomic E-state index is 0.162. The lowest BCUT2D eigenvalue weighted by atomic mass is 10.0. The summed E-state index contributed by atoms with van der Waals surface area (Å²) < 4.78 is 16.4. The third-order valence-corrected chi connectivity index (χ3v) is 4.93. The number of carbonyl (C=O) groups excluding carboxylic acids is 1. The summed E-state index contributed by atoms with van der Waals surface area (Å²) in [5.74, 6) is 1.55. The summed E-state index contributed by atoms with van der Waals surface area (Å²) in [5.41, 5.74) is 7.63. The molecule has 2 aromatic rings. The Morgan fingerprint density at radius 1 is 1.14 bits per heavy atom. The molecule has 0 aromatic heterocycles. The molecular weight excluding hydrogens is 356 g/mol. The van der Waals surface area contributed by atoms with Gasteiger partial charge in [0.2, 0.25) is 0 Å². The van der Waals surface area contributed by atoms with Crippen LogP contribution in [-0.4, -0.2) is 37.7 Å². The fourth-order valence-corrected chi connectivity index (χ4v) is 3.64. The van der Waals surface area contributed by atoms with E-state index in [1.54, 1.807) is 7.11 Å². The molecular formula is C22H28N2O4. The van der Waals surface area contributed by atoms with Crippen molar-refractivity contribution >= 4 is 5.91 Å². The Morgan fingerprint density at radius 3 is 2.61 bits per heavy atom. The van der Waals surface area contributed by atoms with Crippen molar-refractivity contribution in [2.24, 2.45) is 5.73 Å². The highest BCUT2D eigenvalue weighted by Gasteiger charge is 2.26. The Labute approximate surface area is 166 Å². The van der Waals surface area contributed by atoms with Crippen molar-refractivity contribution in [2.45, 2.75) is 32.4 Å². The van der Waals surface area contributed by atoms with Crippen LogP contribution >= 0.6 is 0 Å². The highest BCUT2D eigenvalue weighted by molar-refractivity contribution is 5.75. The lowest BCUT2D eigenvalue weighted by Gasteiger charge is -2.25. The number of amides is 1. The molecule has 1 saturated heterocycles. The van der Waals surface area contributed by atoms with Crippen molar-refractivity contribution in [1.29, 1.82) is 0 Å². The molecule has 0 aliphatic carbocycles. The molecule has 1 amide bonds. The van der Waals surface area contributed by atoms with E-state index in [9.17, 15) is 4.79 Å². The molecule has 0 bridgehead atoms. The lowest BCUT2D eigenvalue weighted by molar-refractivity contribution is -0.119. The van der Waals surface area contributed by atoms with Gasteiger partial charge in [0.1, 0.15) is 5.75 Å². The Kier molecular flexibility index (Phi) is 6.76. The maximum Gasteiger partial charge on any atom is 0.255 e. The molecule has 2 N–H and O–H groups in total. The van der Waals surface area contributed by atoms with Crippen molar-refractivity contribution < 1.29 is 19.0 Å². The van der Waals surface area contributed by atoms with Crippen molar-refractivity contribution in [3.05, 3.63) is 53.6 Å². The molecule has 1 fully saturated rings. The maximum atomic E-state index is 11.0. The van der Waals surface area contributed by atoms with Gasteiger partial charge in [0.25, 0.3) is 5.91 Å². The van der Waals surface area contributed by atoms with E-state index >= 15 is 0 Å². The van der Waals surface area contributed by atoms with Gasteiger partial charge in [-0.1, -0.05) is 18.2 Å². The van der Waals surface area contributed by atoms with E-state index in [0.717, 1.165) is 30.8 Å². The van der Waals surface area contributed by atoms with E-state index in [0.29, 0.717) is 24.1 Å². The topological polar surface area (TPSA) is 74.0 Å². The van der Waals surface area contributed by atoms with E-state index in [2.05, 4.69) is 17.0 Å². The summed E-state index contributed by atoms with van der Waals surface area (Å²) in [7, 11) is 1.68. The number of primary amides is 1. The minimum Gasteiger partial charge on any atom is -0.497 e. The van der Waals surface area contributed by atoms with Gasteiger partial charge in [-0.25, -0.2) is 0 Å². The highest BCUT2D eigenvalue weighted by atomic mass is 16.5. The summed E-state index contributed by atoms with van der Waals surface area (Å²) in [6.07, 6.45) is 2.32. The van der Waals surface area contributed by atoms with E-state index in [-0.39, 0.29) is 6.61 Å². The van der Waals surface area contributed by atoms with E-state index in [1.807, 2.05) is 37.3 Å². The van der Waals surface area contributed by atoms with Gasteiger partial charge in [-0.3, -0.25) is 9.69 Å². The monoisotopic (exact) mass is 384 g/mol. The van der Waals surface area contributed by atoms with Crippen LogP contribution in [0.25, 0.3) is 0 Å². The van der Waals surface area contributed by atoms with Crippen molar-refractivity contribution in [1.82, 2.24) is 4.90 Å². The first kappa shape index (κ1) is 20.0. The number of likely N-dealkylation sites (tertiary alicyclic amines) is 1. The smallest absolute Gasteiger partial charge is 0.255 e. The number of nitrogens with zero attached hydrogens (tertiary/aromatic N) is 1. The van der Waals surface area contributed by atoms with Crippen LogP contribution in [-0.2, 0) is 11.3 Å². The number of carbonyl (C=O) groups is 1. The van der Waals surface area contributed by atoms with Crippen LogP contribution in [0.5, 0.6) is 17.2 Å². The van der Waals surface area contributed by atoms with E-state index < -0.39 is 5.91 Å². The number of nitrogens with two attached hydrogens (primary N) is 1. The first-order chi connectivity index (χ1) is 13.6. The summed E-state index contributed by atoms with van der Waals surface area (Å²) in [4.78, 5) is 13.5. The zero-order valence-corrected chi connectivity index (χ0v) is 16.5. The second-order valence-corrected chi connectivity index (χ2v) is 6.87. The van der Waals surface area contributed by atoms with Crippen LogP contribution in [0.15, 0.2) is 42.5 Å². The molecule has 150 valence electrons. The second kappa shape index (κ2) is 9.46. The number of methoxy groups -OCH3 is 1. The van der Waals surface area contributed by atoms with Crippen molar-refractivity contribution in [2.75, 3.05) is 26.9 Å². The number of hydrogen-bond donors (Lipinski definition) is 1. The fraction of sp³-hybridized carbons (Fsp3) is 0.409. The standard InChI is InChI=1S/C22H28N2O4/c1-3-27-21-13-16(6-11-20(21)28-15-22(23)25)14-24-12-4-5-19(24)17-7-9-18(26-2)10-8-17/h6-11,13,19H,3-5,12,14-15H2,1-2H3,(H2,23,25)/t19-/m1/s1. The summed E-state index contributed by atoms with van der Waals surface area (Å²) in [5, 5.41) is 0. The number of rotatable bonds is 9. The Morgan fingerprint density at radius 2 is 1.93 bits per heavy atom. The third-order valence-electron chi connectivity index (χ3n) is 4.93. The Hall–Kier alpha value is -2.73. The maximum absolute atomic E-state index is 11.0. The van der Waals surface area contributed by atoms with E-state index in [4.69, 9.17) is 19.9 Å². The summed E-state index contributed by atoms with van der Waals surface area (Å²) in [6.45, 7) is 4.16. The second-order valence-electron chi connectivity index (χ2n) is 6.87. The van der Waals surface area contributed by atoms with Gasteiger partial charge in [0, 0.05) is 12.6 Å². The summed E-state index contributed by atoms with van der Waals surface area (Å²) in [6, 6.07) is 14.6. The van der Waals surface area contributed by atoms with Crippen molar-refractivity contribution in [3.63, 3.8) is 0 Å². The number of hydrogen-bond acceptors (Lipinski definition) is 5. The predicted octanol–water partition coefficient (Wildman–Crippen LogP) is 3.30. The average Bonchev–Trinajstić information content (AvgIpc) is 3.15. The Balaban J connectivity index is 1.73. The number of benzene rings is 2. The van der Waals surface area contributed by atoms with Crippen LogP contribution in [0, 0.1) is 0 Å². The molecule has 0 spiro atoms. The SMILES string of the molecule is CCOc1cc(CN2CCC[C@@H]2c2ccc(OC)cc2)ccc1OCC(N)=O. The first-order valence-electron chi connectivity index (χ1n) is 9.65. The van der Waals surface area contributed by atoms with Crippen LogP contribution < -0.4 is 19.9 Å². The largest absolute Gasteiger partial charge is 0.497 e. The zero-order valence-electron chi connectivity index (χ0n) is 16.5. The minimum atomic E-state index is -0.508. The van der Waals surface area contributed by atoms with Gasteiger partial charge in [-0.2, -0.15) is 0 Å². The van der Waals surface area contributed by atoms with Gasteiger partial charge in [-0.05, 0) is 61.7 Å². The van der Waals surface area contributed by atoms with Crippen molar-refractivity contribution in [3.8, 4) is 17.2 Å². The van der Waals surface area contributed by atoms with Gasteiger partial charge in [0.15, 0.2) is 18.1 Å². The molecule has 0 unspecified atom stereocenters. The molecule has 2 aromatic carbocycles. The number of ether oxygens (including phenoxy) is 3. The quantitative estimate of drug-likeness (QED) is 0.718. The molecule has 0 saturated carbocycles. The van der Waals surface area contributed by atoms with Gasteiger partial charge in [0.05, 0.1) is 13.7 Å². The normalized spacial score (nSPS) is 16.7. The molecule has 6 nitrogen and oxygen atoms in total. The van der Waals surface area contributed by atoms with E-state index in [1.165, 1.54) is 12.0 Å². The van der Waals surface area contributed by atoms with Crippen LogP contribution in [0.2, 0.25) is 0 Å². The fourth-order valence-electron chi connectivity index (χ4n) is 3.64. The molecule has 6 heteroatoms. The third kappa shape index (κ3) is 4.95. The summed E-state index contributed by atoms with van der Waals surface area (Å²) >= 11 is 0. The van der Waals surface area contributed by atoms with Gasteiger partial charge >= 0.3 is 0 Å². The first-order valence-corrected chi connectivity index (χ1v) is 9.65. The average molecular weight is 384 g/mol. The Bertz CT molecular complexity index is 792. The molecule has 28 heavy (non-hydrogen) atoms. The van der Waals surface area contributed by atoms with Crippen LogP contribution in [0.1, 0.15) is 36.9 Å². The molecule has 3 rings (SSSR count). The molecule has 1 aliphatic rings. The molecule has 1 aliphatic heterocycles. The lowest BCUT2D eigenvalue weighted by Crippen LogP contribution is -2.23. The molecule has 0 radical (unpaired) electrons. The highest BCUT2D eigenvalue weighted by Crippen LogP contribution is 2.35.